The number of carbonyl (C=O) groups excluding carboxylic acids is 2. The molecule has 0 bridgehead atoms. The number of rotatable bonds is 6. The Hall–Kier alpha value is -1.10. The lowest BCUT2D eigenvalue weighted by atomic mass is 10.0. The van der Waals surface area contributed by atoms with Crippen molar-refractivity contribution in [3.8, 4) is 0 Å². The van der Waals surface area contributed by atoms with Gasteiger partial charge in [0.1, 0.15) is 0 Å². The summed E-state index contributed by atoms with van der Waals surface area (Å²) < 4.78 is 0. The van der Waals surface area contributed by atoms with Crippen LogP contribution in [0.5, 0.6) is 0 Å². The smallest absolute Gasteiger partial charge is 0.234 e. The van der Waals surface area contributed by atoms with Crippen molar-refractivity contribution in [1.29, 1.82) is 0 Å². The van der Waals surface area contributed by atoms with Crippen molar-refractivity contribution in [2.45, 2.75) is 32.7 Å². The zero-order valence-corrected chi connectivity index (χ0v) is 9.94. The second-order valence-electron chi connectivity index (χ2n) is 4.06. The third kappa shape index (κ3) is 6.90. The largest absolute Gasteiger partial charge is 0.358 e. The molecule has 0 aromatic carbocycles. The standard InChI is InChI=1S/C10H21N3O2/c1-5-10(2,3)13-9(15)7-12-6-8(14)11-4/h12H,5-7H2,1-4H3,(H,11,14)(H,13,15). The maximum Gasteiger partial charge on any atom is 0.234 e. The van der Waals surface area contributed by atoms with Gasteiger partial charge in [0.25, 0.3) is 0 Å². The molecule has 2 amide bonds. The SMILES string of the molecule is CCC(C)(C)NC(=O)CNCC(=O)NC. The first-order valence-corrected chi connectivity index (χ1v) is 5.13. The van der Waals surface area contributed by atoms with Crippen molar-refractivity contribution in [3.63, 3.8) is 0 Å². The molecule has 5 nitrogen and oxygen atoms in total. The Morgan fingerprint density at radius 2 is 1.67 bits per heavy atom. The maximum atomic E-state index is 11.4. The van der Waals surface area contributed by atoms with Crippen molar-refractivity contribution in [1.82, 2.24) is 16.0 Å². The van der Waals surface area contributed by atoms with Gasteiger partial charge in [0.05, 0.1) is 13.1 Å². The van der Waals surface area contributed by atoms with Gasteiger partial charge in [-0.25, -0.2) is 0 Å². The Kier molecular flexibility index (Phi) is 5.93. The molecule has 0 aromatic rings. The summed E-state index contributed by atoms with van der Waals surface area (Å²) in [6.07, 6.45) is 0.869. The van der Waals surface area contributed by atoms with Crippen molar-refractivity contribution >= 4 is 11.8 Å². The number of nitrogens with one attached hydrogen (secondary N) is 3. The fourth-order valence-electron chi connectivity index (χ4n) is 0.888. The average molecular weight is 215 g/mol. The molecule has 0 aliphatic rings. The van der Waals surface area contributed by atoms with Crippen LogP contribution in [0.25, 0.3) is 0 Å². The predicted octanol–water partition coefficient (Wildman–Crippen LogP) is -0.373. The molecule has 0 radical (unpaired) electrons. The van der Waals surface area contributed by atoms with Gasteiger partial charge in [-0.2, -0.15) is 0 Å². The molecule has 88 valence electrons. The van der Waals surface area contributed by atoms with E-state index in [9.17, 15) is 9.59 Å². The highest BCUT2D eigenvalue weighted by Gasteiger charge is 2.17. The first-order valence-electron chi connectivity index (χ1n) is 5.13. The van der Waals surface area contributed by atoms with Gasteiger partial charge >= 0.3 is 0 Å². The van der Waals surface area contributed by atoms with Crippen molar-refractivity contribution in [3.05, 3.63) is 0 Å². The second-order valence-corrected chi connectivity index (χ2v) is 4.06. The van der Waals surface area contributed by atoms with Crippen LogP contribution in [0.2, 0.25) is 0 Å². The van der Waals surface area contributed by atoms with E-state index in [1.807, 2.05) is 20.8 Å². The Morgan fingerprint density at radius 3 is 2.13 bits per heavy atom. The Bertz CT molecular complexity index is 227. The molecule has 0 aliphatic carbocycles. The highest BCUT2D eigenvalue weighted by Crippen LogP contribution is 2.05. The van der Waals surface area contributed by atoms with Crippen LogP contribution in [-0.2, 0) is 9.59 Å². The topological polar surface area (TPSA) is 70.2 Å². The minimum absolute atomic E-state index is 0.0919. The lowest BCUT2D eigenvalue weighted by Gasteiger charge is -2.24. The third-order valence-electron chi connectivity index (χ3n) is 2.21. The van der Waals surface area contributed by atoms with Gasteiger partial charge in [-0.3, -0.25) is 14.9 Å². The Morgan fingerprint density at radius 1 is 1.13 bits per heavy atom. The summed E-state index contributed by atoms with van der Waals surface area (Å²) >= 11 is 0. The fourth-order valence-corrected chi connectivity index (χ4v) is 0.888. The molecule has 0 atom stereocenters. The van der Waals surface area contributed by atoms with Crippen LogP contribution in [0.4, 0.5) is 0 Å². The molecule has 3 N–H and O–H groups in total. The van der Waals surface area contributed by atoms with Crippen LogP contribution in [0.3, 0.4) is 0 Å². The minimum Gasteiger partial charge on any atom is -0.358 e. The summed E-state index contributed by atoms with van der Waals surface area (Å²) in [5.74, 6) is -0.219. The molecule has 0 spiro atoms. The summed E-state index contributed by atoms with van der Waals surface area (Å²) in [6.45, 7) is 6.26. The minimum atomic E-state index is -0.189. The van der Waals surface area contributed by atoms with Crippen molar-refractivity contribution in [2.75, 3.05) is 20.1 Å². The molecule has 0 fully saturated rings. The Balaban J connectivity index is 3.72. The van der Waals surface area contributed by atoms with E-state index >= 15 is 0 Å². The first-order chi connectivity index (χ1) is 6.91. The zero-order chi connectivity index (χ0) is 11.9. The summed E-state index contributed by atoms with van der Waals surface area (Å²) in [7, 11) is 1.56. The Labute approximate surface area is 91.0 Å². The molecule has 15 heavy (non-hydrogen) atoms. The van der Waals surface area contributed by atoms with Gasteiger partial charge in [-0.1, -0.05) is 6.92 Å². The number of amides is 2. The molecular weight excluding hydrogens is 194 g/mol. The quantitative estimate of drug-likeness (QED) is 0.566. The number of carbonyl (C=O) groups is 2. The highest BCUT2D eigenvalue weighted by atomic mass is 16.2. The average Bonchev–Trinajstić information content (AvgIpc) is 2.16. The lowest BCUT2D eigenvalue weighted by Crippen LogP contribution is -2.47. The first kappa shape index (κ1) is 13.9. The van der Waals surface area contributed by atoms with Gasteiger partial charge in [-0.15, -0.1) is 0 Å². The lowest BCUT2D eigenvalue weighted by molar-refractivity contribution is -0.122. The van der Waals surface area contributed by atoms with Gasteiger partial charge in [0.2, 0.25) is 11.8 Å². The van der Waals surface area contributed by atoms with E-state index in [2.05, 4.69) is 16.0 Å². The third-order valence-corrected chi connectivity index (χ3v) is 2.21. The summed E-state index contributed by atoms with van der Waals surface area (Å²) in [5.41, 5.74) is -0.189. The molecule has 0 saturated heterocycles. The molecule has 0 aromatic heterocycles. The molecule has 5 heteroatoms. The molecule has 0 rings (SSSR count). The van der Waals surface area contributed by atoms with E-state index < -0.39 is 0 Å². The van der Waals surface area contributed by atoms with Gasteiger partial charge in [0.15, 0.2) is 0 Å². The normalized spacial score (nSPS) is 10.9. The molecule has 0 saturated carbocycles. The highest BCUT2D eigenvalue weighted by molar-refractivity contribution is 5.81. The van der Waals surface area contributed by atoms with Gasteiger partial charge in [0, 0.05) is 12.6 Å². The summed E-state index contributed by atoms with van der Waals surface area (Å²) in [6, 6.07) is 0. The fraction of sp³-hybridized carbons (Fsp3) is 0.800. The van der Waals surface area contributed by atoms with E-state index in [4.69, 9.17) is 0 Å². The number of hydrogen-bond acceptors (Lipinski definition) is 3. The van der Waals surface area contributed by atoms with Gasteiger partial charge in [-0.05, 0) is 20.3 Å². The van der Waals surface area contributed by atoms with Crippen molar-refractivity contribution < 1.29 is 9.59 Å². The molecular formula is C10H21N3O2. The van der Waals surface area contributed by atoms with Crippen molar-refractivity contribution in [2.24, 2.45) is 0 Å². The number of hydrogen-bond donors (Lipinski definition) is 3. The van der Waals surface area contributed by atoms with Crippen LogP contribution in [-0.4, -0.2) is 37.5 Å². The second kappa shape index (κ2) is 6.40. The molecule has 0 aliphatic heterocycles. The molecule has 0 unspecified atom stereocenters. The maximum absolute atomic E-state index is 11.4. The van der Waals surface area contributed by atoms with Crippen LogP contribution in [0, 0.1) is 0 Å². The van der Waals surface area contributed by atoms with Crippen LogP contribution in [0.1, 0.15) is 27.2 Å². The van der Waals surface area contributed by atoms with E-state index in [-0.39, 0.29) is 30.4 Å². The predicted molar refractivity (Wildman–Crippen MR) is 59.4 cm³/mol. The zero-order valence-electron chi connectivity index (χ0n) is 9.94. The molecule has 0 heterocycles. The monoisotopic (exact) mass is 215 g/mol. The van der Waals surface area contributed by atoms with Crippen LogP contribution >= 0.6 is 0 Å². The van der Waals surface area contributed by atoms with E-state index in [1.165, 1.54) is 0 Å². The van der Waals surface area contributed by atoms with Gasteiger partial charge < -0.3 is 10.6 Å². The van der Waals surface area contributed by atoms with E-state index in [0.29, 0.717) is 0 Å². The van der Waals surface area contributed by atoms with Crippen LogP contribution in [0.15, 0.2) is 0 Å². The summed E-state index contributed by atoms with van der Waals surface area (Å²) in [4.78, 5) is 22.2. The number of likely N-dealkylation sites (N-methyl/N-ethyl adjacent to an activating group) is 1. The van der Waals surface area contributed by atoms with Crippen LogP contribution < -0.4 is 16.0 Å². The van der Waals surface area contributed by atoms with E-state index in [1.54, 1.807) is 7.05 Å². The van der Waals surface area contributed by atoms with E-state index in [0.717, 1.165) is 6.42 Å². The summed E-state index contributed by atoms with van der Waals surface area (Å²) in [5, 5.41) is 8.09.